The minimum atomic E-state index is -0.670. The van der Waals surface area contributed by atoms with Crippen molar-refractivity contribution in [3.8, 4) is 0 Å². The van der Waals surface area contributed by atoms with E-state index in [9.17, 15) is 9.59 Å². The van der Waals surface area contributed by atoms with Crippen LogP contribution in [-0.2, 0) is 14.3 Å². The summed E-state index contributed by atoms with van der Waals surface area (Å²) < 4.78 is 4.52. The van der Waals surface area contributed by atoms with E-state index in [0.717, 1.165) is 5.56 Å². The number of esters is 1. The van der Waals surface area contributed by atoms with E-state index in [0.29, 0.717) is 0 Å². The Morgan fingerprint density at radius 1 is 1.27 bits per heavy atom. The Labute approximate surface area is 87.3 Å². The van der Waals surface area contributed by atoms with Gasteiger partial charge in [0, 0.05) is 6.08 Å². The van der Waals surface area contributed by atoms with Crippen molar-refractivity contribution in [1.29, 1.82) is 0 Å². The van der Waals surface area contributed by atoms with Crippen LogP contribution < -0.4 is 5.73 Å². The zero-order valence-electron chi connectivity index (χ0n) is 8.05. The van der Waals surface area contributed by atoms with Crippen LogP contribution in [0.4, 0.5) is 0 Å². The first-order valence-corrected chi connectivity index (χ1v) is 4.36. The van der Waals surface area contributed by atoms with E-state index >= 15 is 0 Å². The molecule has 0 aliphatic carbocycles. The monoisotopic (exact) mass is 205 g/mol. The van der Waals surface area contributed by atoms with E-state index in [-0.39, 0.29) is 0 Å². The Hall–Kier alpha value is -2.10. The van der Waals surface area contributed by atoms with Crippen molar-refractivity contribution in [3.05, 3.63) is 42.0 Å². The maximum atomic E-state index is 11.0. The molecule has 0 saturated carbocycles. The van der Waals surface area contributed by atoms with Gasteiger partial charge in [-0.25, -0.2) is 4.79 Å². The van der Waals surface area contributed by atoms with Crippen molar-refractivity contribution in [1.82, 2.24) is 0 Å². The van der Waals surface area contributed by atoms with E-state index in [1.807, 2.05) is 30.3 Å². The highest BCUT2D eigenvalue weighted by atomic mass is 16.5. The number of rotatable bonds is 4. The summed E-state index contributed by atoms with van der Waals surface area (Å²) in [6.07, 6.45) is 2.85. The third-order valence-electron chi connectivity index (χ3n) is 1.57. The number of carbonyl (C=O) groups is 2. The normalized spacial score (nSPS) is 10.1. The molecule has 4 nitrogen and oxygen atoms in total. The molecule has 0 aromatic heterocycles. The number of hydrogen-bond acceptors (Lipinski definition) is 3. The summed E-state index contributed by atoms with van der Waals surface area (Å²) >= 11 is 0. The molecule has 0 heterocycles. The molecule has 0 radical (unpaired) electrons. The summed E-state index contributed by atoms with van der Waals surface area (Å²) in [5, 5.41) is 0. The van der Waals surface area contributed by atoms with Gasteiger partial charge in [0.1, 0.15) is 0 Å². The van der Waals surface area contributed by atoms with Gasteiger partial charge in [0.25, 0.3) is 5.91 Å². The summed E-state index contributed by atoms with van der Waals surface area (Å²) in [5.74, 6) is -1.26. The first kappa shape index (κ1) is 11.0. The molecule has 0 aliphatic heterocycles. The quantitative estimate of drug-likeness (QED) is 0.582. The van der Waals surface area contributed by atoms with Gasteiger partial charge in [0.15, 0.2) is 6.61 Å². The number of nitrogens with two attached hydrogens (primary N) is 1. The van der Waals surface area contributed by atoms with Crippen LogP contribution in [0.5, 0.6) is 0 Å². The largest absolute Gasteiger partial charge is 0.452 e. The van der Waals surface area contributed by atoms with E-state index in [2.05, 4.69) is 4.74 Å². The van der Waals surface area contributed by atoms with Crippen molar-refractivity contribution in [3.63, 3.8) is 0 Å². The molecule has 2 N–H and O–H groups in total. The number of ether oxygens (including phenoxy) is 1. The molecule has 78 valence electrons. The zero-order valence-corrected chi connectivity index (χ0v) is 8.05. The van der Waals surface area contributed by atoms with Crippen molar-refractivity contribution in [2.45, 2.75) is 0 Å². The molecule has 0 unspecified atom stereocenters. The van der Waals surface area contributed by atoms with Crippen molar-refractivity contribution < 1.29 is 14.3 Å². The van der Waals surface area contributed by atoms with Crippen molar-refractivity contribution in [2.24, 2.45) is 5.73 Å². The fourth-order valence-corrected chi connectivity index (χ4v) is 0.919. The maximum Gasteiger partial charge on any atom is 0.331 e. The smallest absolute Gasteiger partial charge is 0.331 e. The van der Waals surface area contributed by atoms with Gasteiger partial charge >= 0.3 is 5.97 Å². The molecule has 4 heteroatoms. The summed E-state index contributed by atoms with van der Waals surface area (Å²) in [5.41, 5.74) is 5.69. The topological polar surface area (TPSA) is 69.4 Å². The first-order chi connectivity index (χ1) is 7.18. The van der Waals surface area contributed by atoms with Gasteiger partial charge in [-0.1, -0.05) is 30.3 Å². The fourth-order valence-electron chi connectivity index (χ4n) is 0.919. The van der Waals surface area contributed by atoms with Crippen LogP contribution in [0.2, 0.25) is 0 Å². The molecule has 0 fully saturated rings. The lowest BCUT2D eigenvalue weighted by atomic mass is 10.2. The highest BCUT2D eigenvalue weighted by molar-refractivity contribution is 5.88. The SMILES string of the molecule is NC(=O)COC(=O)C=Cc1ccccc1. The minimum absolute atomic E-state index is 0.391. The Balaban J connectivity index is 2.44. The van der Waals surface area contributed by atoms with Crippen LogP contribution in [0.1, 0.15) is 5.56 Å². The van der Waals surface area contributed by atoms with Crippen LogP contribution in [-0.4, -0.2) is 18.5 Å². The average molecular weight is 205 g/mol. The zero-order chi connectivity index (χ0) is 11.1. The van der Waals surface area contributed by atoms with Crippen LogP contribution in [0.15, 0.2) is 36.4 Å². The summed E-state index contributed by atoms with van der Waals surface area (Å²) in [6, 6.07) is 9.28. The number of amides is 1. The second-order valence-electron chi connectivity index (χ2n) is 2.82. The summed E-state index contributed by atoms with van der Waals surface area (Å²) in [7, 11) is 0. The van der Waals surface area contributed by atoms with E-state index in [4.69, 9.17) is 5.73 Å². The molecule has 0 atom stereocenters. The molecule has 0 aliphatic rings. The Bertz CT molecular complexity index is 371. The predicted octanol–water partition coefficient (Wildman–Crippen LogP) is 0.728. The molecule has 1 amide bonds. The number of benzene rings is 1. The first-order valence-electron chi connectivity index (χ1n) is 4.36. The number of hydrogen-bond donors (Lipinski definition) is 1. The Kier molecular flexibility index (Phi) is 4.09. The third-order valence-corrected chi connectivity index (χ3v) is 1.57. The molecule has 0 spiro atoms. The molecular formula is C11H11NO3. The standard InChI is InChI=1S/C11H11NO3/c12-10(13)8-15-11(14)7-6-9-4-2-1-3-5-9/h1-7H,8H2,(H2,12,13). The maximum absolute atomic E-state index is 11.0. The van der Waals surface area contributed by atoms with Crippen LogP contribution >= 0.6 is 0 Å². The van der Waals surface area contributed by atoms with Gasteiger partial charge in [0.05, 0.1) is 0 Å². The predicted molar refractivity (Wildman–Crippen MR) is 55.6 cm³/mol. The van der Waals surface area contributed by atoms with Gasteiger partial charge in [-0.15, -0.1) is 0 Å². The Morgan fingerprint density at radius 3 is 2.53 bits per heavy atom. The minimum Gasteiger partial charge on any atom is -0.452 e. The second-order valence-corrected chi connectivity index (χ2v) is 2.82. The highest BCUT2D eigenvalue weighted by Crippen LogP contribution is 2.00. The lowest BCUT2D eigenvalue weighted by Crippen LogP contribution is -2.19. The van der Waals surface area contributed by atoms with E-state index in [1.165, 1.54) is 6.08 Å². The van der Waals surface area contributed by atoms with Gasteiger partial charge in [-0.05, 0) is 11.6 Å². The Morgan fingerprint density at radius 2 is 1.93 bits per heavy atom. The summed E-state index contributed by atoms with van der Waals surface area (Å²) in [6.45, 7) is -0.391. The number of primary amides is 1. The van der Waals surface area contributed by atoms with Gasteiger partial charge in [0.2, 0.25) is 0 Å². The second kappa shape index (κ2) is 5.59. The fraction of sp³-hybridized carbons (Fsp3) is 0.0909. The van der Waals surface area contributed by atoms with Crippen molar-refractivity contribution >= 4 is 18.0 Å². The van der Waals surface area contributed by atoms with Gasteiger partial charge < -0.3 is 10.5 Å². The van der Waals surface area contributed by atoms with E-state index in [1.54, 1.807) is 6.08 Å². The molecule has 15 heavy (non-hydrogen) atoms. The molecule has 1 aromatic carbocycles. The highest BCUT2D eigenvalue weighted by Gasteiger charge is 1.99. The van der Waals surface area contributed by atoms with Crippen LogP contribution in [0, 0.1) is 0 Å². The molecule has 0 saturated heterocycles. The molecule has 1 rings (SSSR count). The number of carbonyl (C=O) groups excluding carboxylic acids is 2. The lowest BCUT2D eigenvalue weighted by Gasteiger charge is -1.96. The molecule has 0 bridgehead atoms. The van der Waals surface area contributed by atoms with Crippen LogP contribution in [0.25, 0.3) is 6.08 Å². The molecule has 1 aromatic rings. The van der Waals surface area contributed by atoms with Gasteiger partial charge in [-0.2, -0.15) is 0 Å². The average Bonchev–Trinajstić information content (AvgIpc) is 2.25. The van der Waals surface area contributed by atoms with Crippen LogP contribution in [0.3, 0.4) is 0 Å². The summed E-state index contributed by atoms with van der Waals surface area (Å²) in [4.78, 5) is 21.3. The lowest BCUT2D eigenvalue weighted by molar-refractivity contribution is -0.142. The molecular weight excluding hydrogens is 194 g/mol. The van der Waals surface area contributed by atoms with Crippen molar-refractivity contribution in [2.75, 3.05) is 6.61 Å². The third kappa shape index (κ3) is 4.61. The van der Waals surface area contributed by atoms with E-state index < -0.39 is 18.5 Å². The van der Waals surface area contributed by atoms with Gasteiger partial charge in [-0.3, -0.25) is 4.79 Å².